The van der Waals surface area contributed by atoms with E-state index in [0.717, 1.165) is 14.3 Å². The van der Waals surface area contributed by atoms with Gasteiger partial charge in [0.1, 0.15) is 0 Å². The van der Waals surface area contributed by atoms with Crippen molar-refractivity contribution in [2.24, 2.45) is 0 Å². The van der Waals surface area contributed by atoms with Gasteiger partial charge in [0, 0.05) is 5.38 Å². The van der Waals surface area contributed by atoms with E-state index in [1.807, 2.05) is 0 Å². The summed E-state index contributed by atoms with van der Waals surface area (Å²) in [4.78, 5) is 0. The Bertz CT molecular complexity index is 192. The van der Waals surface area contributed by atoms with E-state index in [-0.39, 0.29) is 0 Å². The molecule has 2 fully saturated rings. The van der Waals surface area contributed by atoms with Crippen molar-refractivity contribution >= 4 is 23.2 Å². The lowest BCUT2D eigenvalue weighted by Crippen LogP contribution is -3.69. The van der Waals surface area contributed by atoms with Gasteiger partial charge >= 0.3 is 0 Å². The molecular formula is C12H20Cl2I+. The average Bonchev–Trinajstić information content (AvgIpc) is 2.24. The van der Waals surface area contributed by atoms with Crippen molar-refractivity contribution in [3.8, 4) is 0 Å². The molecule has 2 aliphatic carbocycles. The van der Waals surface area contributed by atoms with Gasteiger partial charge in [0.2, 0.25) is 0 Å². The maximum absolute atomic E-state index is 6.44. The van der Waals surface area contributed by atoms with Gasteiger partial charge in [-0.2, -0.15) is 0 Å². The first-order chi connectivity index (χ1) is 7.25. The highest BCUT2D eigenvalue weighted by atomic mass is 127. The largest absolute Gasteiger partial charge is 0.277 e. The summed E-state index contributed by atoms with van der Waals surface area (Å²) in [6.07, 6.45) is 11.0. The Morgan fingerprint density at radius 2 is 1.60 bits per heavy atom. The Morgan fingerprint density at radius 1 is 0.867 bits per heavy atom. The molecule has 2 saturated carbocycles. The van der Waals surface area contributed by atoms with E-state index in [9.17, 15) is 0 Å². The molecule has 15 heavy (non-hydrogen) atoms. The molecule has 0 aromatic heterocycles. The van der Waals surface area contributed by atoms with Crippen molar-refractivity contribution in [2.75, 3.05) is 0 Å². The Hall–Kier alpha value is 1.31. The first-order valence-corrected chi connectivity index (χ1v) is 9.52. The second-order valence-electron chi connectivity index (χ2n) is 4.80. The highest BCUT2D eigenvalue weighted by Gasteiger charge is 2.41. The predicted octanol–water partition coefficient (Wildman–Crippen LogP) is 1.18. The molecule has 0 nitrogen and oxygen atoms in total. The van der Waals surface area contributed by atoms with Crippen LogP contribution >= 0.6 is 23.2 Å². The van der Waals surface area contributed by atoms with Gasteiger partial charge in [-0.3, -0.25) is 0 Å². The summed E-state index contributed by atoms with van der Waals surface area (Å²) >= 11 is 12.9. The molecule has 0 N–H and O–H groups in total. The van der Waals surface area contributed by atoms with Crippen molar-refractivity contribution < 1.29 is 21.2 Å². The van der Waals surface area contributed by atoms with Crippen molar-refractivity contribution in [2.45, 2.75) is 70.0 Å². The summed E-state index contributed by atoms with van der Waals surface area (Å²) < 4.78 is 1.94. The van der Waals surface area contributed by atoms with Crippen LogP contribution in [0.4, 0.5) is 0 Å². The fraction of sp³-hybridized carbons (Fsp3) is 1.00. The van der Waals surface area contributed by atoms with E-state index in [1.54, 1.807) is 0 Å². The molecule has 2 aliphatic rings. The van der Waals surface area contributed by atoms with Gasteiger partial charge in [-0.05, 0) is 44.9 Å². The average molecular weight is 362 g/mol. The van der Waals surface area contributed by atoms with Crippen molar-refractivity contribution in [1.82, 2.24) is 0 Å². The lowest BCUT2D eigenvalue weighted by Gasteiger charge is -2.24. The monoisotopic (exact) mass is 361 g/mol. The molecule has 3 heteroatoms. The molecule has 0 spiro atoms. The van der Waals surface area contributed by atoms with Crippen LogP contribution in [0.2, 0.25) is 0 Å². The molecule has 0 aromatic rings. The van der Waals surface area contributed by atoms with Gasteiger partial charge in [-0.15, -0.1) is 23.2 Å². The Kier molecular flexibility index (Phi) is 5.36. The zero-order valence-electron chi connectivity index (χ0n) is 9.10. The minimum absolute atomic E-state index is 0.332. The van der Waals surface area contributed by atoms with E-state index < -0.39 is 0 Å². The molecule has 0 amide bonds. The molecule has 0 radical (unpaired) electrons. The van der Waals surface area contributed by atoms with Crippen LogP contribution < -0.4 is 21.2 Å². The molecular weight excluding hydrogens is 342 g/mol. The number of halogens is 3. The first kappa shape index (κ1) is 12.8. The number of alkyl halides is 4. The molecule has 3 unspecified atom stereocenters. The van der Waals surface area contributed by atoms with Crippen LogP contribution in [0.5, 0.6) is 0 Å². The second-order valence-corrected chi connectivity index (χ2v) is 10.1. The third-order valence-electron chi connectivity index (χ3n) is 3.50. The van der Waals surface area contributed by atoms with Crippen molar-refractivity contribution in [1.29, 1.82) is 0 Å². The summed E-state index contributed by atoms with van der Waals surface area (Å²) in [5.41, 5.74) is 0. The van der Waals surface area contributed by atoms with Gasteiger partial charge in [-0.25, -0.2) is 0 Å². The van der Waals surface area contributed by atoms with E-state index in [1.165, 1.54) is 44.9 Å². The normalized spacial score (nSPS) is 39.2. The number of rotatable bonds is 2. The summed E-state index contributed by atoms with van der Waals surface area (Å²) in [7, 11) is 0. The van der Waals surface area contributed by atoms with Crippen LogP contribution in [0.25, 0.3) is 0 Å². The van der Waals surface area contributed by atoms with Crippen LogP contribution in [0.15, 0.2) is 0 Å². The van der Waals surface area contributed by atoms with Crippen LogP contribution in [-0.4, -0.2) is 18.6 Å². The third-order valence-corrected chi connectivity index (χ3v) is 9.48. The highest BCUT2D eigenvalue weighted by molar-refractivity contribution is 6.24. The minimum atomic E-state index is 0.332. The van der Waals surface area contributed by atoms with Gasteiger partial charge in [0.25, 0.3) is 21.2 Å². The molecule has 88 valence electrons. The maximum Gasteiger partial charge on any atom is 0.277 e. The zero-order valence-corrected chi connectivity index (χ0v) is 12.8. The van der Waals surface area contributed by atoms with E-state index >= 15 is 0 Å². The third kappa shape index (κ3) is 3.92. The molecule has 0 aromatic carbocycles. The molecule has 0 aliphatic heterocycles. The minimum Gasteiger partial charge on any atom is -0.123 e. The Morgan fingerprint density at radius 3 is 2.27 bits per heavy atom. The van der Waals surface area contributed by atoms with E-state index in [2.05, 4.69) is 0 Å². The van der Waals surface area contributed by atoms with Crippen LogP contribution in [0.3, 0.4) is 0 Å². The zero-order chi connectivity index (χ0) is 10.7. The summed E-state index contributed by atoms with van der Waals surface area (Å²) in [6, 6.07) is 0. The van der Waals surface area contributed by atoms with E-state index in [4.69, 9.17) is 23.2 Å². The smallest absolute Gasteiger partial charge is 0.123 e. The van der Waals surface area contributed by atoms with Crippen LogP contribution in [-0.2, 0) is 0 Å². The molecule has 3 atom stereocenters. The Labute approximate surface area is 114 Å². The lowest BCUT2D eigenvalue weighted by atomic mass is 10.00. The SMILES string of the molecule is ClC1CCC([I+]C2CCCCC2)C(Cl)C1. The number of hydrogen-bond donors (Lipinski definition) is 0. The molecule has 0 saturated heterocycles. The van der Waals surface area contributed by atoms with Gasteiger partial charge in [-0.1, -0.05) is 6.42 Å². The fourth-order valence-electron chi connectivity index (χ4n) is 2.58. The van der Waals surface area contributed by atoms with Gasteiger partial charge in [0.15, 0.2) is 7.85 Å². The quantitative estimate of drug-likeness (QED) is 0.511. The molecule has 0 bridgehead atoms. The fourth-order valence-corrected chi connectivity index (χ4v) is 8.07. The first-order valence-electron chi connectivity index (χ1n) is 6.16. The summed E-state index contributed by atoms with van der Waals surface area (Å²) in [5, 5.41) is 0.759. The topological polar surface area (TPSA) is 0 Å². The predicted molar refractivity (Wildman–Crippen MR) is 63.8 cm³/mol. The maximum atomic E-state index is 6.44. The van der Waals surface area contributed by atoms with Crippen molar-refractivity contribution in [3.63, 3.8) is 0 Å². The second kappa shape index (κ2) is 6.30. The van der Waals surface area contributed by atoms with Gasteiger partial charge < -0.3 is 0 Å². The van der Waals surface area contributed by atoms with Crippen molar-refractivity contribution in [3.05, 3.63) is 0 Å². The highest BCUT2D eigenvalue weighted by Crippen LogP contribution is 2.25. The lowest BCUT2D eigenvalue weighted by molar-refractivity contribution is -0.724. The standard InChI is InChI=1S/C12H20Cl2I/c13-9-6-7-12(11(14)8-9)15-10-4-2-1-3-5-10/h9-12H,1-8H2/q+1. The summed E-state index contributed by atoms with van der Waals surface area (Å²) in [5.74, 6) is 0. The number of hydrogen-bond acceptors (Lipinski definition) is 0. The van der Waals surface area contributed by atoms with Crippen LogP contribution in [0, 0.1) is 0 Å². The van der Waals surface area contributed by atoms with E-state index in [0.29, 0.717) is 32.0 Å². The van der Waals surface area contributed by atoms with Crippen LogP contribution in [0.1, 0.15) is 51.4 Å². The summed E-state index contributed by atoms with van der Waals surface area (Å²) in [6.45, 7) is 0. The molecule has 2 rings (SSSR count). The Balaban J connectivity index is 1.77. The molecule has 0 heterocycles. The van der Waals surface area contributed by atoms with Gasteiger partial charge in [0.05, 0.1) is 5.38 Å².